The van der Waals surface area contributed by atoms with Crippen molar-refractivity contribution >= 4 is 23.2 Å². The predicted octanol–water partition coefficient (Wildman–Crippen LogP) is 3.12. The molecule has 1 amide bonds. The Morgan fingerprint density at radius 1 is 1.14 bits per heavy atom. The number of likely N-dealkylation sites (tertiary alicyclic amines) is 1. The van der Waals surface area contributed by atoms with Crippen LogP contribution in [0.15, 0.2) is 42.6 Å². The van der Waals surface area contributed by atoms with E-state index in [-0.39, 0.29) is 17.9 Å². The van der Waals surface area contributed by atoms with E-state index in [2.05, 4.69) is 39.6 Å². The minimum absolute atomic E-state index is 0.00792. The molecule has 1 atom stereocenters. The van der Waals surface area contributed by atoms with Crippen LogP contribution in [-0.4, -0.2) is 41.0 Å². The first kappa shape index (κ1) is 20.3. The number of pyridine rings is 1. The highest BCUT2D eigenvalue weighted by molar-refractivity contribution is 7.80. The molecule has 5 nitrogen and oxygen atoms in total. The summed E-state index contributed by atoms with van der Waals surface area (Å²) < 4.78 is 0. The first-order chi connectivity index (χ1) is 13.5. The second-order valence-corrected chi connectivity index (χ2v) is 7.71. The largest absolute Gasteiger partial charge is 0.366 e. The van der Waals surface area contributed by atoms with Gasteiger partial charge in [0.05, 0.1) is 11.7 Å². The minimum atomic E-state index is -0.244. The Kier molecular flexibility index (Phi) is 6.62. The summed E-state index contributed by atoms with van der Waals surface area (Å²) in [7, 11) is 1.84. The van der Waals surface area contributed by atoms with E-state index >= 15 is 0 Å². The van der Waals surface area contributed by atoms with Gasteiger partial charge in [0.25, 0.3) is 0 Å². The van der Waals surface area contributed by atoms with Crippen LogP contribution in [0.3, 0.4) is 0 Å². The average Bonchev–Trinajstić information content (AvgIpc) is 2.72. The van der Waals surface area contributed by atoms with Crippen molar-refractivity contribution in [1.29, 1.82) is 0 Å². The molecule has 6 heteroatoms. The maximum Gasteiger partial charge on any atom is 0.224 e. The lowest BCUT2D eigenvalue weighted by Gasteiger charge is -2.33. The van der Waals surface area contributed by atoms with E-state index in [1.165, 1.54) is 0 Å². The number of thiocarbonyl (C=S) groups is 1. The zero-order valence-electron chi connectivity index (χ0n) is 16.7. The molecule has 148 valence electrons. The fraction of sp³-hybridized carbons (Fsp3) is 0.409. The normalized spacial score (nSPS) is 15.8. The Morgan fingerprint density at radius 3 is 2.46 bits per heavy atom. The van der Waals surface area contributed by atoms with Crippen molar-refractivity contribution in [3.05, 3.63) is 65.0 Å². The third-order valence-electron chi connectivity index (χ3n) is 5.48. The summed E-state index contributed by atoms with van der Waals surface area (Å²) in [6, 6.07) is 11.9. The molecule has 0 radical (unpaired) electrons. The van der Waals surface area contributed by atoms with Gasteiger partial charge in [0, 0.05) is 32.3 Å². The lowest BCUT2D eigenvalue weighted by Crippen LogP contribution is -2.46. The number of aromatic nitrogens is 1. The van der Waals surface area contributed by atoms with Crippen LogP contribution < -0.4 is 10.6 Å². The smallest absolute Gasteiger partial charge is 0.224 e. The van der Waals surface area contributed by atoms with Crippen LogP contribution in [0.2, 0.25) is 0 Å². The summed E-state index contributed by atoms with van der Waals surface area (Å²) in [5, 5.41) is 7.06. The van der Waals surface area contributed by atoms with Gasteiger partial charge in [-0.25, -0.2) is 0 Å². The Bertz CT molecular complexity index is 800. The van der Waals surface area contributed by atoms with E-state index in [0.29, 0.717) is 0 Å². The average molecular weight is 397 g/mol. The lowest BCUT2D eigenvalue weighted by molar-refractivity contribution is -0.126. The number of hydrogen-bond donors (Lipinski definition) is 2. The van der Waals surface area contributed by atoms with Crippen molar-refractivity contribution in [2.75, 3.05) is 20.1 Å². The van der Waals surface area contributed by atoms with Crippen LogP contribution >= 0.6 is 12.2 Å². The van der Waals surface area contributed by atoms with Crippen molar-refractivity contribution in [1.82, 2.24) is 20.5 Å². The molecule has 1 aromatic carbocycles. The molecule has 1 fully saturated rings. The van der Waals surface area contributed by atoms with E-state index in [1.807, 2.05) is 38.2 Å². The van der Waals surface area contributed by atoms with Crippen LogP contribution in [0.25, 0.3) is 0 Å². The number of piperidine rings is 1. The minimum Gasteiger partial charge on any atom is -0.366 e. The van der Waals surface area contributed by atoms with Crippen molar-refractivity contribution in [3.8, 4) is 0 Å². The van der Waals surface area contributed by atoms with Gasteiger partial charge >= 0.3 is 0 Å². The summed E-state index contributed by atoms with van der Waals surface area (Å²) in [4.78, 5) is 19.8. The van der Waals surface area contributed by atoms with Crippen LogP contribution in [0.1, 0.15) is 41.3 Å². The Hall–Kier alpha value is -2.47. The summed E-state index contributed by atoms with van der Waals surface area (Å²) in [6.45, 7) is 5.71. The number of amides is 1. The second-order valence-electron chi connectivity index (χ2n) is 7.32. The van der Waals surface area contributed by atoms with E-state index in [9.17, 15) is 4.79 Å². The Balaban J connectivity index is 1.79. The highest BCUT2D eigenvalue weighted by Gasteiger charge is 2.29. The van der Waals surface area contributed by atoms with Gasteiger partial charge in [-0.2, -0.15) is 0 Å². The fourth-order valence-electron chi connectivity index (χ4n) is 3.77. The number of rotatable bonds is 4. The third-order valence-corrected chi connectivity index (χ3v) is 5.94. The molecule has 28 heavy (non-hydrogen) atoms. The van der Waals surface area contributed by atoms with Gasteiger partial charge in [-0.15, -0.1) is 0 Å². The zero-order chi connectivity index (χ0) is 20.1. The maximum absolute atomic E-state index is 13.1. The summed E-state index contributed by atoms with van der Waals surface area (Å²) in [5.74, 6) is 0.0831. The number of benzene rings is 1. The number of carbonyl (C=O) groups excluding carboxylic acids is 1. The maximum atomic E-state index is 13.1. The van der Waals surface area contributed by atoms with E-state index in [1.54, 1.807) is 6.20 Å². The highest BCUT2D eigenvalue weighted by Crippen LogP contribution is 2.27. The number of carbonyl (C=O) groups is 1. The molecule has 2 N–H and O–H groups in total. The van der Waals surface area contributed by atoms with E-state index in [0.717, 1.165) is 53.4 Å². The van der Waals surface area contributed by atoms with Gasteiger partial charge < -0.3 is 15.5 Å². The number of nitrogens with one attached hydrogen (secondary N) is 2. The van der Waals surface area contributed by atoms with Crippen LogP contribution in [0.5, 0.6) is 0 Å². The van der Waals surface area contributed by atoms with Crippen molar-refractivity contribution in [2.45, 2.75) is 32.7 Å². The van der Waals surface area contributed by atoms with Crippen molar-refractivity contribution < 1.29 is 4.79 Å². The summed E-state index contributed by atoms with van der Waals surface area (Å²) in [6.07, 6.45) is 3.39. The second kappa shape index (κ2) is 9.15. The molecule has 1 unspecified atom stereocenters. The monoisotopic (exact) mass is 396 g/mol. The standard InChI is InChI=1S/C22H28N4OS/c1-15-7-4-5-9-18(15)20(19-16(2)8-6-12-24-19)25-21(27)17-10-13-26(14-11-17)22(28)23-3/h4-9,12,17,20H,10-11,13-14H2,1-3H3,(H,23,28)(H,25,27). The van der Waals surface area contributed by atoms with Gasteiger partial charge in [-0.3, -0.25) is 9.78 Å². The van der Waals surface area contributed by atoms with Crippen LogP contribution in [0.4, 0.5) is 0 Å². The molecule has 2 aromatic rings. The van der Waals surface area contributed by atoms with Crippen LogP contribution in [-0.2, 0) is 4.79 Å². The third kappa shape index (κ3) is 4.50. The summed E-state index contributed by atoms with van der Waals surface area (Å²) >= 11 is 5.31. The van der Waals surface area contributed by atoms with Gasteiger partial charge in [-0.05, 0) is 61.7 Å². The fourth-order valence-corrected chi connectivity index (χ4v) is 3.95. The molecule has 1 aliphatic rings. The van der Waals surface area contributed by atoms with E-state index in [4.69, 9.17) is 12.2 Å². The summed E-state index contributed by atoms with van der Waals surface area (Å²) in [5.41, 5.74) is 4.21. The van der Waals surface area contributed by atoms with Crippen molar-refractivity contribution in [2.24, 2.45) is 5.92 Å². The number of hydrogen-bond acceptors (Lipinski definition) is 3. The quantitative estimate of drug-likeness (QED) is 0.778. The van der Waals surface area contributed by atoms with Crippen molar-refractivity contribution in [3.63, 3.8) is 0 Å². The van der Waals surface area contributed by atoms with Gasteiger partial charge in [0.2, 0.25) is 5.91 Å². The molecule has 2 heterocycles. The molecule has 1 aliphatic heterocycles. The topological polar surface area (TPSA) is 57.3 Å². The number of aryl methyl sites for hydroxylation is 2. The number of nitrogens with zero attached hydrogens (tertiary/aromatic N) is 2. The molecule has 0 bridgehead atoms. The zero-order valence-corrected chi connectivity index (χ0v) is 17.6. The van der Waals surface area contributed by atoms with Crippen LogP contribution in [0, 0.1) is 19.8 Å². The first-order valence-corrected chi connectivity index (χ1v) is 10.2. The predicted molar refractivity (Wildman–Crippen MR) is 116 cm³/mol. The SMILES string of the molecule is CNC(=S)N1CCC(C(=O)NC(c2ccccc2C)c2ncccc2C)CC1. The van der Waals surface area contributed by atoms with Gasteiger partial charge in [0.15, 0.2) is 5.11 Å². The Morgan fingerprint density at radius 2 is 1.82 bits per heavy atom. The molecule has 1 aromatic heterocycles. The highest BCUT2D eigenvalue weighted by atomic mass is 32.1. The molecule has 0 aliphatic carbocycles. The molecular weight excluding hydrogens is 368 g/mol. The lowest BCUT2D eigenvalue weighted by atomic mass is 9.92. The molecule has 1 saturated heterocycles. The first-order valence-electron chi connectivity index (χ1n) is 9.75. The molecular formula is C22H28N4OS. The van der Waals surface area contributed by atoms with E-state index < -0.39 is 0 Å². The molecule has 3 rings (SSSR count). The van der Waals surface area contributed by atoms with Gasteiger partial charge in [-0.1, -0.05) is 30.3 Å². The molecule has 0 saturated carbocycles. The van der Waals surface area contributed by atoms with Gasteiger partial charge in [0.1, 0.15) is 0 Å². The Labute approximate surface area is 172 Å². The molecule has 0 spiro atoms.